The lowest BCUT2D eigenvalue weighted by atomic mass is 10.1. The monoisotopic (exact) mass is 452 g/mol. The molecule has 0 saturated carbocycles. The molecular weight excluding hydrogens is 424 g/mol. The molecule has 174 valence electrons. The molecule has 1 aromatic heterocycles. The number of rotatable bonds is 8. The van der Waals surface area contributed by atoms with Crippen LogP contribution in [0.25, 0.3) is 11.0 Å². The Morgan fingerprint density at radius 2 is 1.88 bits per heavy atom. The average molecular weight is 453 g/mol. The number of nitrogens with one attached hydrogen (secondary N) is 1. The number of aryl methyl sites for hydroxylation is 2. The zero-order chi connectivity index (χ0) is 24.1. The standard InChI is InChI=1S/C24H28N4O5/c1-6-28-19-9-8-17(12-18(19)26-15(2)24(28)31)23(30)25-13-16-7-10-20(21(11-16)32-5)33-14-22(29)27(3)4/h7-12H,6,13-14H2,1-5H3,(H,25,30). The van der Waals surface area contributed by atoms with Crippen molar-refractivity contribution in [1.29, 1.82) is 0 Å². The second-order valence-corrected chi connectivity index (χ2v) is 7.69. The lowest BCUT2D eigenvalue weighted by molar-refractivity contribution is -0.130. The predicted molar refractivity (Wildman–Crippen MR) is 125 cm³/mol. The summed E-state index contributed by atoms with van der Waals surface area (Å²) in [7, 11) is 4.83. The number of amides is 2. The summed E-state index contributed by atoms with van der Waals surface area (Å²) in [4.78, 5) is 42.5. The third kappa shape index (κ3) is 5.31. The molecule has 1 heterocycles. The van der Waals surface area contributed by atoms with Crippen LogP contribution < -0.4 is 20.3 Å². The first-order valence-electron chi connectivity index (χ1n) is 10.5. The molecule has 0 aliphatic carbocycles. The molecule has 33 heavy (non-hydrogen) atoms. The molecule has 9 nitrogen and oxygen atoms in total. The molecule has 1 N–H and O–H groups in total. The van der Waals surface area contributed by atoms with Crippen LogP contribution in [0.5, 0.6) is 11.5 Å². The van der Waals surface area contributed by atoms with Gasteiger partial charge in [0.2, 0.25) is 0 Å². The SMILES string of the molecule is CCn1c(=O)c(C)nc2cc(C(=O)NCc3ccc(OCC(=O)N(C)C)c(OC)c3)ccc21. The fourth-order valence-corrected chi connectivity index (χ4v) is 3.32. The fourth-order valence-electron chi connectivity index (χ4n) is 3.32. The number of fused-ring (bicyclic) bond motifs is 1. The van der Waals surface area contributed by atoms with Crippen molar-refractivity contribution in [3.05, 3.63) is 63.6 Å². The van der Waals surface area contributed by atoms with E-state index >= 15 is 0 Å². The highest BCUT2D eigenvalue weighted by Crippen LogP contribution is 2.28. The van der Waals surface area contributed by atoms with Crippen LogP contribution in [0.15, 0.2) is 41.2 Å². The highest BCUT2D eigenvalue weighted by Gasteiger charge is 2.13. The molecule has 2 aromatic carbocycles. The van der Waals surface area contributed by atoms with Crippen molar-refractivity contribution < 1.29 is 19.1 Å². The van der Waals surface area contributed by atoms with Crippen molar-refractivity contribution in [2.45, 2.75) is 26.9 Å². The summed E-state index contributed by atoms with van der Waals surface area (Å²) < 4.78 is 12.5. The van der Waals surface area contributed by atoms with Crippen LogP contribution in [0.4, 0.5) is 0 Å². The molecule has 0 fully saturated rings. The summed E-state index contributed by atoms with van der Waals surface area (Å²) in [5, 5.41) is 2.88. The molecule has 3 aromatic rings. The van der Waals surface area contributed by atoms with Gasteiger partial charge in [-0.2, -0.15) is 0 Å². The van der Waals surface area contributed by atoms with Crippen molar-refractivity contribution in [3.8, 4) is 11.5 Å². The third-order valence-electron chi connectivity index (χ3n) is 5.22. The summed E-state index contributed by atoms with van der Waals surface area (Å²) in [6.07, 6.45) is 0. The van der Waals surface area contributed by atoms with Crippen LogP contribution in [0, 0.1) is 6.92 Å². The van der Waals surface area contributed by atoms with E-state index in [-0.39, 0.29) is 30.5 Å². The van der Waals surface area contributed by atoms with E-state index in [1.165, 1.54) is 12.0 Å². The molecule has 0 saturated heterocycles. The van der Waals surface area contributed by atoms with Crippen LogP contribution in [0.3, 0.4) is 0 Å². The van der Waals surface area contributed by atoms with Gasteiger partial charge in [-0.1, -0.05) is 6.07 Å². The maximum absolute atomic E-state index is 12.7. The van der Waals surface area contributed by atoms with Crippen LogP contribution in [-0.4, -0.2) is 54.1 Å². The molecule has 0 atom stereocenters. The second kappa shape index (κ2) is 10.2. The van der Waals surface area contributed by atoms with Gasteiger partial charge >= 0.3 is 0 Å². The van der Waals surface area contributed by atoms with E-state index in [1.54, 1.807) is 62.0 Å². The Labute approximate surface area is 191 Å². The van der Waals surface area contributed by atoms with E-state index < -0.39 is 0 Å². The van der Waals surface area contributed by atoms with Gasteiger partial charge in [-0.15, -0.1) is 0 Å². The van der Waals surface area contributed by atoms with Crippen molar-refractivity contribution >= 4 is 22.8 Å². The first kappa shape index (κ1) is 23.8. The minimum absolute atomic E-state index is 0.0964. The molecule has 0 radical (unpaired) electrons. The van der Waals surface area contributed by atoms with Gasteiger partial charge in [-0.3, -0.25) is 14.4 Å². The van der Waals surface area contributed by atoms with Gasteiger partial charge in [0, 0.05) is 32.7 Å². The van der Waals surface area contributed by atoms with Gasteiger partial charge in [0.05, 0.1) is 18.1 Å². The Kier molecular flexibility index (Phi) is 7.32. The van der Waals surface area contributed by atoms with Crippen molar-refractivity contribution in [2.75, 3.05) is 27.8 Å². The molecule has 0 unspecified atom stereocenters. The molecule has 3 rings (SSSR count). The van der Waals surface area contributed by atoms with Crippen LogP contribution in [0.1, 0.15) is 28.5 Å². The van der Waals surface area contributed by atoms with Gasteiger partial charge in [0.25, 0.3) is 17.4 Å². The van der Waals surface area contributed by atoms with Crippen LogP contribution >= 0.6 is 0 Å². The van der Waals surface area contributed by atoms with Crippen LogP contribution in [0.2, 0.25) is 0 Å². The lowest BCUT2D eigenvalue weighted by Crippen LogP contribution is -2.27. The quantitative estimate of drug-likeness (QED) is 0.562. The molecule has 2 amide bonds. The molecule has 0 bridgehead atoms. The van der Waals surface area contributed by atoms with E-state index in [9.17, 15) is 14.4 Å². The third-order valence-corrected chi connectivity index (χ3v) is 5.22. The maximum atomic E-state index is 12.7. The van der Waals surface area contributed by atoms with Crippen molar-refractivity contribution in [2.24, 2.45) is 0 Å². The summed E-state index contributed by atoms with van der Waals surface area (Å²) in [6, 6.07) is 10.4. The molecule has 9 heteroatoms. The fraction of sp³-hybridized carbons (Fsp3) is 0.333. The van der Waals surface area contributed by atoms with E-state index in [4.69, 9.17) is 9.47 Å². The largest absolute Gasteiger partial charge is 0.493 e. The number of ether oxygens (including phenoxy) is 2. The number of methoxy groups -OCH3 is 1. The minimum Gasteiger partial charge on any atom is -0.493 e. The van der Waals surface area contributed by atoms with Crippen LogP contribution in [-0.2, 0) is 17.9 Å². The van der Waals surface area contributed by atoms with E-state index in [1.807, 2.05) is 6.92 Å². The van der Waals surface area contributed by atoms with Gasteiger partial charge in [-0.25, -0.2) is 4.98 Å². The number of hydrogen-bond donors (Lipinski definition) is 1. The Hall–Kier alpha value is -3.88. The number of likely N-dealkylation sites (N-methyl/N-ethyl adjacent to an activating group) is 1. The smallest absolute Gasteiger partial charge is 0.272 e. The normalized spacial score (nSPS) is 10.7. The highest BCUT2D eigenvalue weighted by molar-refractivity contribution is 5.97. The number of carbonyl (C=O) groups excluding carboxylic acids is 2. The number of benzene rings is 2. The van der Waals surface area contributed by atoms with E-state index in [0.29, 0.717) is 40.3 Å². The zero-order valence-electron chi connectivity index (χ0n) is 19.5. The lowest BCUT2D eigenvalue weighted by Gasteiger charge is -2.14. The Bertz CT molecular complexity index is 1250. The summed E-state index contributed by atoms with van der Waals surface area (Å²) in [5.41, 5.74) is 2.80. The Morgan fingerprint density at radius 1 is 1.12 bits per heavy atom. The number of hydrogen-bond acceptors (Lipinski definition) is 6. The molecular formula is C24H28N4O5. The zero-order valence-corrected chi connectivity index (χ0v) is 19.5. The van der Waals surface area contributed by atoms with Crippen molar-refractivity contribution in [1.82, 2.24) is 19.8 Å². The Balaban J connectivity index is 1.72. The van der Waals surface area contributed by atoms with Gasteiger partial charge in [-0.05, 0) is 49.7 Å². The first-order valence-corrected chi connectivity index (χ1v) is 10.5. The molecule has 0 aliphatic rings. The van der Waals surface area contributed by atoms with Gasteiger partial charge in [0.15, 0.2) is 18.1 Å². The molecule has 0 aliphatic heterocycles. The van der Waals surface area contributed by atoms with Gasteiger partial charge in [0.1, 0.15) is 5.69 Å². The average Bonchev–Trinajstić information content (AvgIpc) is 2.81. The van der Waals surface area contributed by atoms with E-state index in [2.05, 4.69) is 10.3 Å². The second-order valence-electron chi connectivity index (χ2n) is 7.69. The summed E-state index contributed by atoms with van der Waals surface area (Å²) >= 11 is 0. The molecule has 0 spiro atoms. The van der Waals surface area contributed by atoms with Crippen molar-refractivity contribution in [3.63, 3.8) is 0 Å². The van der Waals surface area contributed by atoms with Gasteiger partial charge < -0.3 is 24.3 Å². The minimum atomic E-state index is -0.263. The highest BCUT2D eigenvalue weighted by atomic mass is 16.5. The summed E-state index contributed by atoms with van der Waals surface area (Å²) in [5.74, 6) is 0.489. The number of nitrogens with zero attached hydrogens (tertiary/aromatic N) is 3. The maximum Gasteiger partial charge on any atom is 0.272 e. The number of carbonyl (C=O) groups is 2. The first-order chi connectivity index (χ1) is 15.7. The summed E-state index contributed by atoms with van der Waals surface area (Å²) in [6.45, 7) is 4.25. The Morgan fingerprint density at radius 3 is 2.55 bits per heavy atom. The predicted octanol–water partition coefficient (Wildman–Crippen LogP) is 2.13. The number of aromatic nitrogens is 2. The van der Waals surface area contributed by atoms with E-state index in [0.717, 1.165) is 5.56 Å². The topological polar surface area (TPSA) is 103 Å².